The predicted octanol–water partition coefficient (Wildman–Crippen LogP) is 8.13. The molecule has 1 aliphatic rings. The Labute approximate surface area is 190 Å². The van der Waals surface area contributed by atoms with Crippen molar-refractivity contribution < 1.29 is 8.78 Å². The molecule has 6 heteroatoms. The number of benzene rings is 3. The Kier molecular flexibility index (Phi) is 6.52. The molecular formula is C24H20Cl3F2N. The number of anilines is 1. The zero-order valence-electron chi connectivity index (χ0n) is 16.1. The minimum atomic E-state index is -0.820. The van der Waals surface area contributed by atoms with Crippen LogP contribution in [0.1, 0.15) is 30.0 Å². The minimum Gasteiger partial charge on any atom is -0.363 e. The number of nitrogens with zero attached hydrogens (tertiary/aromatic N) is 1. The first-order valence-electron chi connectivity index (χ1n) is 9.82. The van der Waals surface area contributed by atoms with Crippen molar-refractivity contribution >= 4 is 40.5 Å². The molecule has 1 saturated heterocycles. The third kappa shape index (κ3) is 4.74. The summed E-state index contributed by atoms with van der Waals surface area (Å²) in [5.41, 5.74) is 2.87. The Bertz CT molecular complexity index is 1040. The van der Waals surface area contributed by atoms with Crippen LogP contribution in [0.2, 0.25) is 15.1 Å². The van der Waals surface area contributed by atoms with E-state index in [1.807, 2.05) is 36.4 Å². The van der Waals surface area contributed by atoms with Gasteiger partial charge in [-0.25, -0.2) is 8.78 Å². The summed E-state index contributed by atoms with van der Waals surface area (Å²) in [5, 5.41) is 1.87. The molecule has 0 saturated carbocycles. The molecule has 1 nitrogen and oxygen atoms in total. The van der Waals surface area contributed by atoms with Gasteiger partial charge in [-0.3, -0.25) is 0 Å². The van der Waals surface area contributed by atoms with E-state index in [9.17, 15) is 8.78 Å². The van der Waals surface area contributed by atoms with Gasteiger partial charge in [0.2, 0.25) is 0 Å². The van der Waals surface area contributed by atoms with Crippen molar-refractivity contribution in [2.24, 2.45) is 5.92 Å². The topological polar surface area (TPSA) is 3.24 Å². The van der Waals surface area contributed by atoms with Gasteiger partial charge in [-0.15, -0.1) is 0 Å². The molecule has 1 heterocycles. The summed E-state index contributed by atoms with van der Waals surface area (Å²) in [7, 11) is 0. The fourth-order valence-electron chi connectivity index (χ4n) is 4.22. The van der Waals surface area contributed by atoms with Gasteiger partial charge in [-0.2, -0.15) is 0 Å². The van der Waals surface area contributed by atoms with Gasteiger partial charge in [0.1, 0.15) is 0 Å². The Morgan fingerprint density at radius 1 is 0.800 bits per heavy atom. The third-order valence-corrected chi connectivity index (χ3v) is 6.45. The first-order chi connectivity index (χ1) is 14.4. The van der Waals surface area contributed by atoms with Gasteiger partial charge < -0.3 is 4.90 Å². The van der Waals surface area contributed by atoms with Gasteiger partial charge in [-0.1, -0.05) is 53.0 Å². The van der Waals surface area contributed by atoms with Crippen molar-refractivity contribution in [3.63, 3.8) is 0 Å². The van der Waals surface area contributed by atoms with Crippen LogP contribution < -0.4 is 4.90 Å². The molecule has 0 radical (unpaired) electrons. The quantitative estimate of drug-likeness (QED) is 0.375. The van der Waals surface area contributed by atoms with Crippen LogP contribution in [-0.4, -0.2) is 6.54 Å². The Hall–Kier alpha value is -1.81. The van der Waals surface area contributed by atoms with E-state index in [0.29, 0.717) is 21.5 Å². The SMILES string of the molecule is Fc1ccc(C[C@H]2CC[C@H](c3ccc(Cl)cc3)N(c3ccc(Cl)cc3Cl)C2)cc1F. The smallest absolute Gasteiger partial charge is 0.159 e. The normalized spacial score (nSPS) is 19.2. The van der Waals surface area contributed by atoms with Crippen molar-refractivity contribution in [3.8, 4) is 0 Å². The molecule has 0 aromatic heterocycles. The molecule has 30 heavy (non-hydrogen) atoms. The maximum absolute atomic E-state index is 13.7. The van der Waals surface area contributed by atoms with E-state index in [1.54, 1.807) is 12.1 Å². The Balaban J connectivity index is 1.63. The van der Waals surface area contributed by atoms with Gasteiger partial charge in [0.15, 0.2) is 11.6 Å². The highest BCUT2D eigenvalue weighted by Crippen LogP contribution is 2.41. The van der Waals surface area contributed by atoms with Crippen LogP contribution in [0.15, 0.2) is 60.7 Å². The lowest BCUT2D eigenvalue weighted by atomic mass is 9.85. The second-order valence-electron chi connectivity index (χ2n) is 7.71. The van der Waals surface area contributed by atoms with Crippen molar-refractivity contribution in [2.75, 3.05) is 11.4 Å². The lowest BCUT2D eigenvalue weighted by Crippen LogP contribution is -2.39. The molecule has 3 aromatic carbocycles. The van der Waals surface area contributed by atoms with Crippen LogP contribution in [0.25, 0.3) is 0 Å². The second-order valence-corrected chi connectivity index (χ2v) is 8.99. The summed E-state index contributed by atoms with van der Waals surface area (Å²) in [4.78, 5) is 2.29. The van der Waals surface area contributed by atoms with Gasteiger partial charge in [0, 0.05) is 16.6 Å². The number of hydrogen-bond acceptors (Lipinski definition) is 1. The largest absolute Gasteiger partial charge is 0.363 e. The fourth-order valence-corrected chi connectivity index (χ4v) is 4.87. The molecule has 3 aromatic rings. The lowest BCUT2D eigenvalue weighted by molar-refractivity contribution is 0.357. The first kappa shape index (κ1) is 21.4. The molecule has 0 spiro atoms. The van der Waals surface area contributed by atoms with Crippen LogP contribution in [0.4, 0.5) is 14.5 Å². The number of hydrogen-bond donors (Lipinski definition) is 0. The van der Waals surface area contributed by atoms with Gasteiger partial charge in [0.05, 0.1) is 16.8 Å². The lowest BCUT2D eigenvalue weighted by Gasteiger charge is -2.42. The number of piperidine rings is 1. The molecule has 0 bridgehead atoms. The summed E-state index contributed by atoms with van der Waals surface area (Å²) in [5.74, 6) is -1.34. The molecule has 156 valence electrons. The van der Waals surface area contributed by atoms with Crippen molar-refractivity contribution in [1.29, 1.82) is 0 Å². The number of rotatable bonds is 4. The molecule has 1 fully saturated rings. The van der Waals surface area contributed by atoms with Crippen LogP contribution in [0, 0.1) is 17.6 Å². The molecular weight excluding hydrogens is 447 g/mol. The first-order valence-corrected chi connectivity index (χ1v) is 10.9. The van der Waals surface area contributed by atoms with E-state index in [2.05, 4.69) is 4.90 Å². The Morgan fingerprint density at radius 3 is 2.23 bits per heavy atom. The molecule has 0 N–H and O–H groups in total. The molecule has 0 unspecified atom stereocenters. The molecule has 0 aliphatic carbocycles. The summed E-state index contributed by atoms with van der Waals surface area (Å²) < 4.78 is 26.9. The van der Waals surface area contributed by atoms with E-state index in [1.165, 1.54) is 12.1 Å². The molecule has 1 aliphatic heterocycles. The standard InChI is InChI=1S/C24H20Cl3F2N/c25-18-5-3-17(4-6-18)23-9-2-16(11-15-1-8-21(28)22(29)12-15)14-30(23)24-10-7-19(26)13-20(24)27/h1,3-8,10,12-13,16,23H,2,9,11,14H2/t16-,23-/m1/s1. The van der Waals surface area contributed by atoms with Crippen molar-refractivity contribution in [3.05, 3.63) is 98.5 Å². The van der Waals surface area contributed by atoms with Crippen LogP contribution >= 0.6 is 34.8 Å². The maximum Gasteiger partial charge on any atom is 0.159 e. The van der Waals surface area contributed by atoms with E-state index in [-0.39, 0.29) is 12.0 Å². The van der Waals surface area contributed by atoms with E-state index in [4.69, 9.17) is 34.8 Å². The highest BCUT2D eigenvalue weighted by Gasteiger charge is 2.31. The van der Waals surface area contributed by atoms with E-state index < -0.39 is 11.6 Å². The molecule has 0 amide bonds. The minimum absolute atomic E-state index is 0.141. The monoisotopic (exact) mass is 465 g/mol. The van der Waals surface area contributed by atoms with Crippen molar-refractivity contribution in [1.82, 2.24) is 0 Å². The highest BCUT2D eigenvalue weighted by atomic mass is 35.5. The van der Waals surface area contributed by atoms with Gasteiger partial charge in [-0.05, 0) is 78.8 Å². The van der Waals surface area contributed by atoms with E-state index >= 15 is 0 Å². The molecule has 2 atom stereocenters. The second kappa shape index (κ2) is 9.13. The van der Waals surface area contributed by atoms with Gasteiger partial charge >= 0.3 is 0 Å². The average molecular weight is 467 g/mol. The fraction of sp³-hybridized carbons (Fsp3) is 0.250. The average Bonchev–Trinajstić information content (AvgIpc) is 2.72. The summed E-state index contributed by atoms with van der Waals surface area (Å²) in [6.45, 7) is 0.744. The third-order valence-electron chi connectivity index (χ3n) is 5.66. The summed E-state index contributed by atoms with van der Waals surface area (Å²) in [6.07, 6.45) is 2.55. The summed E-state index contributed by atoms with van der Waals surface area (Å²) >= 11 is 18.7. The van der Waals surface area contributed by atoms with Gasteiger partial charge in [0.25, 0.3) is 0 Å². The van der Waals surface area contributed by atoms with Crippen LogP contribution in [0.5, 0.6) is 0 Å². The zero-order valence-corrected chi connectivity index (χ0v) is 18.4. The summed E-state index contributed by atoms with van der Waals surface area (Å²) in [6, 6.07) is 17.7. The van der Waals surface area contributed by atoms with E-state index in [0.717, 1.165) is 36.2 Å². The van der Waals surface area contributed by atoms with Crippen LogP contribution in [-0.2, 0) is 6.42 Å². The molecule has 4 rings (SSSR count). The van der Waals surface area contributed by atoms with Crippen molar-refractivity contribution in [2.45, 2.75) is 25.3 Å². The number of halogens is 5. The van der Waals surface area contributed by atoms with Crippen LogP contribution in [0.3, 0.4) is 0 Å². The zero-order chi connectivity index (χ0) is 21.3. The predicted molar refractivity (Wildman–Crippen MR) is 121 cm³/mol. The Morgan fingerprint density at radius 2 is 1.53 bits per heavy atom. The highest BCUT2D eigenvalue weighted by molar-refractivity contribution is 6.36. The maximum atomic E-state index is 13.7.